The fourth-order valence-corrected chi connectivity index (χ4v) is 11.7. The summed E-state index contributed by atoms with van der Waals surface area (Å²) in [7, 11) is 2.07. The zero-order valence-corrected chi connectivity index (χ0v) is 31.4. The van der Waals surface area contributed by atoms with Crippen molar-refractivity contribution in [2.45, 2.75) is 120 Å². The van der Waals surface area contributed by atoms with Crippen molar-refractivity contribution in [3.05, 3.63) is 53.1 Å². The number of ether oxygens (including phenoxy) is 1. The highest BCUT2D eigenvalue weighted by Crippen LogP contribution is 2.66. The quantitative estimate of drug-likeness (QED) is 0.278. The normalized spacial score (nSPS) is 25.9. The van der Waals surface area contributed by atoms with E-state index in [9.17, 15) is 18.0 Å². The van der Waals surface area contributed by atoms with Crippen LogP contribution in [0.15, 0.2) is 36.4 Å². The Morgan fingerprint density at radius 1 is 0.922 bits per heavy atom. The van der Waals surface area contributed by atoms with Crippen molar-refractivity contribution in [3.8, 4) is 17.0 Å². The van der Waals surface area contributed by atoms with E-state index >= 15 is 0 Å². The Morgan fingerprint density at radius 2 is 1.65 bits per heavy atom. The molecule has 0 bridgehead atoms. The lowest BCUT2D eigenvalue weighted by Crippen LogP contribution is -2.47. The van der Waals surface area contributed by atoms with Crippen molar-refractivity contribution >= 4 is 32.7 Å². The number of amides is 2. The number of hydrogen-bond donors (Lipinski definition) is 1. The first-order chi connectivity index (χ1) is 24.6. The predicted octanol–water partition coefficient (Wildman–Crippen LogP) is 7.19. The largest absolute Gasteiger partial charge is 0.497 e. The Hall–Kier alpha value is -3.37. The Labute approximate surface area is 303 Å². The van der Waals surface area contributed by atoms with Crippen LogP contribution in [0.3, 0.4) is 0 Å². The van der Waals surface area contributed by atoms with Crippen LogP contribution in [-0.4, -0.2) is 80.2 Å². The molecule has 1 saturated heterocycles. The zero-order chi connectivity index (χ0) is 35.5. The van der Waals surface area contributed by atoms with Crippen LogP contribution in [0.1, 0.15) is 123 Å². The summed E-state index contributed by atoms with van der Waals surface area (Å²) in [5.41, 5.74) is 5.40. The Morgan fingerprint density at radius 3 is 2.39 bits per heavy atom. The minimum atomic E-state index is -3.79. The smallest absolute Gasteiger partial charge is 0.264 e. The van der Waals surface area contributed by atoms with Gasteiger partial charge in [-0.3, -0.25) is 9.59 Å². The molecular weight excluding hydrogens is 661 g/mol. The number of fused-ring (bicyclic) bond motifs is 7. The van der Waals surface area contributed by atoms with E-state index in [4.69, 9.17) is 4.74 Å². The van der Waals surface area contributed by atoms with Crippen LogP contribution in [0.2, 0.25) is 0 Å². The van der Waals surface area contributed by atoms with E-state index in [0.29, 0.717) is 30.9 Å². The minimum absolute atomic E-state index is 0.0577. The zero-order valence-electron chi connectivity index (χ0n) is 30.6. The van der Waals surface area contributed by atoms with Gasteiger partial charge in [0, 0.05) is 54.1 Å². The maximum atomic E-state index is 15.0. The second-order valence-corrected chi connectivity index (χ2v) is 18.3. The highest BCUT2D eigenvalue weighted by molar-refractivity contribution is 7.90. The van der Waals surface area contributed by atoms with Gasteiger partial charge in [-0.15, -0.1) is 0 Å². The van der Waals surface area contributed by atoms with Crippen LogP contribution in [0.5, 0.6) is 5.75 Å². The lowest BCUT2D eigenvalue weighted by molar-refractivity contribution is -0.139. The topological polar surface area (TPSA) is 101 Å². The van der Waals surface area contributed by atoms with E-state index in [1.807, 2.05) is 25.2 Å². The number of nitrogens with zero attached hydrogens (tertiary/aromatic N) is 3. The number of sulfonamides is 1. The third-order valence-corrected chi connectivity index (χ3v) is 15.0. The third-order valence-electron chi connectivity index (χ3n) is 13.2. The molecule has 3 unspecified atom stereocenters. The molecule has 2 aliphatic heterocycles. The summed E-state index contributed by atoms with van der Waals surface area (Å²) >= 11 is 0. The third kappa shape index (κ3) is 6.18. The number of hydrogen-bond acceptors (Lipinski definition) is 6. The molecule has 51 heavy (non-hydrogen) atoms. The van der Waals surface area contributed by atoms with Gasteiger partial charge in [0.05, 0.1) is 23.5 Å². The molecule has 3 aliphatic carbocycles. The van der Waals surface area contributed by atoms with Gasteiger partial charge in [-0.05, 0) is 106 Å². The summed E-state index contributed by atoms with van der Waals surface area (Å²) in [6.45, 7) is 2.45. The van der Waals surface area contributed by atoms with Gasteiger partial charge in [0.2, 0.25) is 15.9 Å². The van der Waals surface area contributed by atoms with Gasteiger partial charge in [-0.25, -0.2) is 13.1 Å². The number of carbonyl (C=O) groups is 2. The molecular formula is C41H54N4O5S. The van der Waals surface area contributed by atoms with E-state index in [-0.39, 0.29) is 17.9 Å². The highest BCUT2D eigenvalue weighted by atomic mass is 32.2. The summed E-state index contributed by atoms with van der Waals surface area (Å²) < 4.78 is 37.2. The molecule has 4 fully saturated rings. The van der Waals surface area contributed by atoms with Gasteiger partial charge in [0.15, 0.2) is 0 Å². The van der Waals surface area contributed by atoms with Gasteiger partial charge in [-0.2, -0.15) is 0 Å². The summed E-state index contributed by atoms with van der Waals surface area (Å²) in [4.78, 5) is 33.1. The van der Waals surface area contributed by atoms with Gasteiger partial charge < -0.3 is 19.1 Å². The van der Waals surface area contributed by atoms with Crippen LogP contribution < -0.4 is 9.46 Å². The number of rotatable bonds is 7. The van der Waals surface area contributed by atoms with Gasteiger partial charge in [0.25, 0.3) is 5.91 Å². The van der Waals surface area contributed by atoms with E-state index in [1.54, 1.807) is 13.2 Å². The molecule has 8 rings (SSSR count). The SMILES string of the molecule is COc1ccc2c(c1)C1CC1(C(=O)N(C)C1CCCCN(C)C1)Cn1c-2c(C2CCCCC2)c2ccc(C(=O)NS(=O)(=O)C3CCCCC3)cc21. The summed E-state index contributed by atoms with van der Waals surface area (Å²) in [5.74, 6) is 0.834. The van der Waals surface area contributed by atoms with Crippen molar-refractivity contribution in [2.24, 2.45) is 5.41 Å². The lowest BCUT2D eigenvalue weighted by atomic mass is 9.81. The second kappa shape index (κ2) is 13.6. The minimum Gasteiger partial charge on any atom is -0.497 e. The molecule has 3 aromatic rings. The van der Waals surface area contributed by atoms with Crippen molar-refractivity contribution < 1.29 is 22.7 Å². The first kappa shape index (κ1) is 34.7. The molecule has 3 heterocycles. The van der Waals surface area contributed by atoms with Crippen LogP contribution in [0.25, 0.3) is 22.2 Å². The molecule has 10 heteroatoms. The van der Waals surface area contributed by atoms with E-state index < -0.39 is 26.6 Å². The van der Waals surface area contributed by atoms with E-state index in [2.05, 4.69) is 38.3 Å². The number of aromatic nitrogens is 1. The van der Waals surface area contributed by atoms with Gasteiger partial charge in [-0.1, -0.05) is 51.0 Å². The molecule has 9 nitrogen and oxygen atoms in total. The molecule has 1 N–H and O–H groups in total. The van der Waals surface area contributed by atoms with Gasteiger partial charge in [0.1, 0.15) is 5.75 Å². The van der Waals surface area contributed by atoms with Gasteiger partial charge >= 0.3 is 0 Å². The molecule has 5 aliphatic rings. The van der Waals surface area contributed by atoms with Crippen LogP contribution in [0.4, 0.5) is 0 Å². The number of benzene rings is 2. The summed E-state index contributed by atoms with van der Waals surface area (Å²) in [6, 6.07) is 12.3. The average molecular weight is 715 g/mol. The number of likely N-dealkylation sites (N-methyl/N-ethyl adjacent to an activating group) is 2. The summed E-state index contributed by atoms with van der Waals surface area (Å²) in [5, 5.41) is 0.573. The Balaban J connectivity index is 1.26. The number of methoxy groups -OCH3 is 1. The molecule has 3 saturated carbocycles. The lowest BCUT2D eigenvalue weighted by Gasteiger charge is -2.33. The molecule has 3 atom stereocenters. The molecule has 1 aromatic heterocycles. The van der Waals surface area contributed by atoms with Crippen molar-refractivity contribution in [1.82, 2.24) is 19.1 Å². The predicted molar refractivity (Wildman–Crippen MR) is 201 cm³/mol. The van der Waals surface area contributed by atoms with Crippen molar-refractivity contribution in [1.29, 1.82) is 0 Å². The second-order valence-electron chi connectivity index (χ2n) is 16.3. The van der Waals surface area contributed by atoms with Crippen molar-refractivity contribution in [2.75, 3.05) is 34.3 Å². The van der Waals surface area contributed by atoms with Crippen LogP contribution in [-0.2, 0) is 21.4 Å². The highest BCUT2D eigenvalue weighted by Gasteiger charge is 2.64. The van der Waals surface area contributed by atoms with Crippen LogP contribution in [0, 0.1) is 5.41 Å². The maximum absolute atomic E-state index is 15.0. The monoisotopic (exact) mass is 714 g/mol. The molecule has 2 aromatic carbocycles. The molecule has 0 spiro atoms. The first-order valence-corrected chi connectivity index (χ1v) is 21.0. The van der Waals surface area contributed by atoms with E-state index in [0.717, 1.165) is 98.8 Å². The average Bonchev–Trinajstić information content (AvgIpc) is 3.87. The first-order valence-electron chi connectivity index (χ1n) is 19.5. The fraction of sp³-hybridized carbons (Fsp3) is 0.610. The number of nitrogens with one attached hydrogen (secondary N) is 1. The molecule has 274 valence electrons. The molecule has 0 radical (unpaired) electrons. The standard InChI is InChI=1S/C41H54N4O5S/c1-43-21-11-10-14-29(25-43)44(2)40(47)41-24-35(41)34-23-30(50-3)18-20-32(34)38-37(27-12-6-4-7-13-27)33-19-17-28(22-36(33)45(38)26-41)39(46)42-51(48,49)31-15-8-5-9-16-31/h17-20,22-23,27,29,31,35H,4-16,21,24-26H2,1-3H3,(H,42,46). The maximum Gasteiger partial charge on any atom is 0.264 e. The Kier molecular flexibility index (Phi) is 9.22. The molecule has 2 amide bonds. The van der Waals surface area contributed by atoms with Crippen LogP contribution >= 0.6 is 0 Å². The summed E-state index contributed by atoms with van der Waals surface area (Å²) in [6.07, 6.45) is 13.8. The number of likely N-dealkylation sites (tertiary alicyclic amines) is 1. The Bertz CT molecular complexity index is 1940. The van der Waals surface area contributed by atoms with E-state index in [1.165, 1.54) is 30.4 Å². The fourth-order valence-electron chi connectivity index (χ4n) is 10.2. The number of carbonyl (C=O) groups excluding carboxylic acids is 2. The van der Waals surface area contributed by atoms with Crippen molar-refractivity contribution in [3.63, 3.8) is 0 Å².